The average Bonchev–Trinajstić information content (AvgIpc) is 2.58. The fraction of sp³-hybridized carbons (Fsp3) is 0.286. The maximum atomic E-state index is 12.8. The molecular weight excluding hydrogens is 385 g/mol. The van der Waals surface area contributed by atoms with Crippen LogP contribution in [0, 0.1) is 0 Å². The molecule has 0 bridgehead atoms. The first kappa shape index (κ1) is 20.9. The second-order valence-corrected chi connectivity index (χ2v) is 9.76. The van der Waals surface area contributed by atoms with E-state index in [0.717, 1.165) is 16.8 Å². The van der Waals surface area contributed by atoms with E-state index in [1.807, 2.05) is 75.4 Å². The van der Waals surface area contributed by atoms with E-state index in [1.54, 1.807) is 0 Å². The van der Waals surface area contributed by atoms with Crippen LogP contribution in [0.5, 0.6) is 0 Å². The van der Waals surface area contributed by atoms with Gasteiger partial charge in [0.25, 0.3) is 0 Å². The van der Waals surface area contributed by atoms with Gasteiger partial charge in [-0.15, -0.1) is 6.58 Å². The lowest BCUT2D eigenvalue weighted by Gasteiger charge is -2.21. The Morgan fingerprint density at radius 1 is 1.15 bits per heavy atom. The Bertz CT molecular complexity index is 823. The number of rotatable bonds is 6. The molecule has 0 saturated carbocycles. The number of hydrogen-bond acceptors (Lipinski definition) is 1. The van der Waals surface area contributed by atoms with Crippen LogP contribution in [-0.2, 0) is 11.0 Å². The van der Waals surface area contributed by atoms with Crippen LogP contribution in [0.15, 0.2) is 65.6 Å². The molecule has 0 spiro atoms. The van der Waals surface area contributed by atoms with E-state index in [2.05, 4.69) is 11.0 Å². The van der Waals surface area contributed by atoms with Crippen molar-refractivity contribution in [1.29, 1.82) is 0 Å². The standard InChI is InChI=1S/C21H23Cl2NOS/c1-5-7-19(16-8-6-9-18(23)14-16)20(24-26(25)21(2,3)4)15-10-12-17(22)13-11-15/h5-6,8-14,19H,1,7H2,2-4H3/b24-20+/t19-,26-/m1/s1. The molecule has 2 rings (SSSR count). The Hall–Kier alpha value is -1.42. The zero-order valence-corrected chi connectivity index (χ0v) is 17.5. The molecule has 138 valence electrons. The Kier molecular flexibility index (Phi) is 7.22. The lowest BCUT2D eigenvalue weighted by Crippen LogP contribution is -2.23. The van der Waals surface area contributed by atoms with Crippen LogP contribution in [-0.4, -0.2) is 14.7 Å². The number of benzene rings is 2. The third-order valence-corrected chi connectivity index (χ3v) is 5.73. The summed E-state index contributed by atoms with van der Waals surface area (Å²) in [5.41, 5.74) is 2.65. The predicted molar refractivity (Wildman–Crippen MR) is 115 cm³/mol. The highest BCUT2D eigenvalue weighted by Gasteiger charge is 2.25. The van der Waals surface area contributed by atoms with Crippen LogP contribution in [0.2, 0.25) is 10.0 Å². The minimum atomic E-state index is -1.39. The Morgan fingerprint density at radius 3 is 2.35 bits per heavy atom. The number of nitrogens with zero attached hydrogens (tertiary/aromatic N) is 1. The molecule has 0 aromatic heterocycles. The summed E-state index contributed by atoms with van der Waals surface area (Å²) in [6.45, 7) is 9.61. The molecule has 0 heterocycles. The van der Waals surface area contributed by atoms with Gasteiger partial charge in [0.2, 0.25) is 0 Å². The van der Waals surface area contributed by atoms with Gasteiger partial charge in [0.15, 0.2) is 0 Å². The van der Waals surface area contributed by atoms with E-state index in [0.29, 0.717) is 16.5 Å². The minimum absolute atomic E-state index is 0.0984. The predicted octanol–water partition coefficient (Wildman–Crippen LogP) is 6.60. The molecule has 0 amide bonds. The van der Waals surface area contributed by atoms with Gasteiger partial charge in [0.05, 0.1) is 10.5 Å². The quantitative estimate of drug-likeness (QED) is 0.391. The number of hydrogen-bond donors (Lipinski definition) is 0. The first-order valence-corrected chi connectivity index (χ1v) is 10.2. The van der Waals surface area contributed by atoms with Crippen molar-refractivity contribution in [2.24, 2.45) is 4.40 Å². The van der Waals surface area contributed by atoms with Crippen LogP contribution in [0.25, 0.3) is 0 Å². The van der Waals surface area contributed by atoms with Gasteiger partial charge in [-0.25, -0.2) is 4.21 Å². The molecular formula is C21H23Cl2NOS. The first-order chi connectivity index (χ1) is 12.2. The van der Waals surface area contributed by atoms with Crippen molar-refractivity contribution in [3.8, 4) is 0 Å². The smallest absolute Gasteiger partial charge is 0.145 e. The summed E-state index contributed by atoms with van der Waals surface area (Å²) < 4.78 is 16.9. The summed E-state index contributed by atoms with van der Waals surface area (Å²) in [6, 6.07) is 15.1. The van der Waals surface area contributed by atoms with Crippen molar-refractivity contribution in [3.05, 3.63) is 82.4 Å². The molecule has 5 heteroatoms. The topological polar surface area (TPSA) is 29.4 Å². The molecule has 2 atom stereocenters. The van der Waals surface area contributed by atoms with Crippen LogP contribution in [0.4, 0.5) is 0 Å². The van der Waals surface area contributed by atoms with Crippen LogP contribution in [0.3, 0.4) is 0 Å². The third-order valence-electron chi connectivity index (χ3n) is 3.83. The molecule has 2 aromatic rings. The van der Waals surface area contributed by atoms with Crippen LogP contribution < -0.4 is 0 Å². The zero-order valence-electron chi connectivity index (χ0n) is 15.2. The maximum absolute atomic E-state index is 12.8. The Balaban J connectivity index is 2.62. The van der Waals surface area contributed by atoms with Gasteiger partial charge in [0, 0.05) is 16.0 Å². The van der Waals surface area contributed by atoms with Crippen molar-refractivity contribution in [3.63, 3.8) is 0 Å². The molecule has 0 fully saturated rings. The van der Waals surface area contributed by atoms with Crippen molar-refractivity contribution in [2.75, 3.05) is 0 Å². The van der Waals surface area contributed by atoms with E-state index in [1.165, 1.54) is 0 Å². The highest BCUT2D eigenvalue weighted by molar-refractivity contribution is 7.85. The van der Waals surface area contributed by atoms with Gasteiger partial charge in [-0.2, -0.15) is 4.40 Å². The molecule has 0 N–H and O–H groups in total. The van der Waals surface area contributed by atoms with E-state index in [9.17, 15) is 4.21 Å². The maximum Gasteiger partial charge on any atom is 0.145 e. The molecule has 0 aliphatic heterocycles. The fourth-order valence-corrected chi connectivity index (χ4v) is 3.47. The van der Waals surface area contributed by atoms with Gasteiger partial charge >= 0.3 is 0 Å². The SMILES string of the molecule is C=CC[C@@H](/C(=N/[S@](=O)C(C)(C)C)c1ccc(Cl)cc1)c1cccc(Cl)c1. The Labute approximate surface area is 168 Å². The molecule has 2 nitrogen and oxygen atoms in total. The van der Waals surface area contributed by atoms with Gasteiger partial charge < -0.3 is 0 Å². The minimum Gasteiger partial charge on any atom is -0.234 e. The highest BCUT2D eigenvalue weighted by Crippen LogP contribution is 2.29. The lowest BCUT2D eigenvalue weighted by molar-refractivity contribution is 0.650. The molecule has 0 aliphatic carbocycles. The Morgan fingerprint density at radius 2 is 1.81 bits per heavy atom. The summed E-state index contributed by atoms with van der Waals surface area (Å²) >= 11 is 12.2. The van der Waals surface area contributed by atoms with E-state index in [4.69, 9.17) is 23.2 Å². The largest absolute Gasteiger partial charge is 0.234 e. The van der Waals surface area contributed by atoms with Crippen molar-refractivity contribution < 1.29 is 4.21 Å². The molecule has 26 heavy (non-hydrogen) atoms. The van der Waals surface area contributed by atoms with Gasteiger partial charge in [0.1, 0.15) is 11.0 Å². The van der Waals surface area contributed by atoms with Crippen LogP contribution >= 0.6 is 23.2 Å². The monoisotopic (exact) mass is 407 g/mol. The second-order valence-electron chi connectivity index (χ2n) is 6.98. The third kappa shape index (κ3) is 5.54. The molecule has 2 aromatic carbocycles. The highest BCUT2D eigenvalue weighted by atomic mass is 35.5. The van der Waals surface area contributed by atoms with Gasteiger partial charge in [-0.05, 0) is 62.6 Å². The van der Waals surface area contributed by atoms with Crippen molar-refractivity contribution in [2.45, 2.75) is 37.9 Å². The van der Waals surface area contributed by atoms with Crippen LogP contribution in [0.1, 0.15) is 44.2 Å². The lowest BCUT2D eigenvalue weighted by atomic mass is 9.87. The average molecular weight is 408 g/mol. The molecule has 0 saturated heterocycles. The van der Waals surface area contributed by atoms with Gasteiger partial charge in [-0.1, -0.05) is 53.5 Å². The summed E-state index contributed by atoms with van der Waals surface area (Å²) in [6.07, 6.45) is 2.50. The number of halogens is 2. The normalized spacial score (nSPS) is 14.7. The van der Waals surface area contributed by atoms with E-state index in [-0.39, 0.29) is 5.92 Å². The molecule has 0 unspecified atom stereocenters. The van der Waals surface area contributed by atoms with Gasteiger partial charge in [-0.3, -0.25) is 0 Å². The fourth-order valence-electron chi connectivity index (χ4n) is 2.46. The van der Waals surface area contributed by atoms with E-state index >= 15 is 0 Å². The summed E-state index contributed by atoms with van der Waals surface area (Å²) in [4.78, 5) is 0. The molecule has 0 aliphatic rings. The molecule has 0 radical (unpaired) electrons. The van der Waals surface area contributed by atoms with E-state index < -0.39 is 15.7 Å². The summed E-state index contributed by atoms with van der Waals surface area (Å²) in [5.74, 6) is -0.0984. The first-order valence-electron chi connectivity index (χ1n) is 8.35. The summed E-state index contributed by atoms with van der Waals surface area (Å²) in [5, 5.41) is 1.30. The summed E-state index contributed by atoms with van der Waals surface area (Å²) in [7, 11) is -1.39. The second kappa shape index (κ2) is 8.98. The number of allylic oxidation sites excluding steroid dienone is 1. The van der Waals surface area contributed by atoms with Crippen molar-refractivity contribution >= 4 is 39.9 Å². The zero-order chi connectivity index (χ0) is 19.3. The van der Waals surface area contributed by atoms with Crippen molar-refractivity contribution in [1.82, 2.24) is 0 Å².